The maximum Gasteiger partial charge on any atom is 0.131 e. The second kappa shape index (κ2) is 15.4. The molecule has 0 bridgehead atoms. The molecule has 9 aromatic carbocycles. The molecule has 62 heavy (non-hydrogen) atoms. The predicted octanol–water partition coefficient (Wildman–Crippen LogP) is 15.9. The van der Waals surface area contributed by atoms with Gasteiger partial charge >= 0.3 is 0 Å². The van der Waals surface area contributed by atoms with Crippen LogP contribution in [-0.4, -0.2) is 9.13 Å². The van der Waals surface area contributed by atoms with E-state index >= 15 is 8.78 Å². The summed E-state index contributed by atoms with van der Waals surface area (Å²) in [6.45, 7) is 0. The molecule has 0 aliphatic rings. The Bertz CT molecular complexity index is 3440. The van der Waals surface area contributed by atoms with E-state index in [9.17, 15) is 5.26 Å². The summed E-state index contributed by atoms with van der Waals surface area (Å²) in [5.41, 5.74) is 12.7. The molecule has 3 nitrogen and oxygen atoms in total. The lowest BCUT2D eigenvalue weighted by Gasteiger charge is -2.15. The Kier molecular flexibility index (Phi) is 9.51. The third-order valence-corrected chi connectivity index (χ3v) is 13.7. The number of benzene rings is 9. The summed E-state index contributed by atoms with van der Waals surface area (Å²) >= 11 is 4.76. The molecule has 0 N–H and O–H groups in total. The summed E-state index contributed by atoms with van der Waals surface area (Å²) < 4.78 is 37.4. The van der Waals surface area contributed by atoms with Crippen molar-refractivity contribution in [1.82, 2.24) is 9.13 Å². The summed E-state index contributed by atoms with van der Waals surface area (Å²) in [5, 5.41) is 14.8. The molecule has 0 aliphatic heterocycles. The Hall–Kier alpha value is -6.61. The van der Waals surface area contributed by atoms with Crippen molar-refractivity contribution in [3.8, 4) is 62.0 Å². The molecule has 0 saturated carbocycles. The summed E-state index contributed by atoms with van der Waals surface area (Å²) in [4.78, 5) is 0. The largest absolute Gasteiger partial charge is 0.309 e. The van der Waals surface area contributed by atoms with Crippen LogP contribution in [0.4, 0.5) is 8.78 Å². The van der Waals surface area contributed by atoms with Crippen LogP contribution in [0.3, 0.4) is 0 Å². The Morgan fingerprint density at radius 3 is 1.18 bits per heavy atom. The molecule has 0 radical (unpaired) electrons. The zero-order valence-corrected chi connectivity index (χ0v) is 37.1. The van der Waals surface area contributed by atoms with Gasteiger partial charge in [0.2, 0.25) is 0 Å². The summed E-state index contributed by atoms with van der Waals surface area (Å²) in [6.07, 6.45) is 0. The first-order valence-electron chi connectivity index (χ1n) is 20.1. The molecule has 0 unspecified atom stereocenters. The molecule has 0 aliphatic carbocycles. The minimum Gasteiger partial charge on any atom is -0.309 e. The topological polar surface area (TPSA) is 33.6 Å². The Labute approximate surface area is 383 Å². The highest BCUT2D eigenvalue weighted by atomic mass is 127. The van der Waals surface area contributed by atoms with Crippen LogP contribution in [0.5, 0.6) is 0 Å². The van der Waals surface area contributed by atoms with Gasteiger partial charge in [0.05, 0.1) is 33.7 Å². The number of nitrogens with zero attached hydrogens (tertiary/aromatic N) is 3. The van der Waals surface area contributed by atoms with E-state index in [-0.39, 0.29) is 11.6 Å². The number of rotatable bonds is 6. The monoisotopic (exact) mass is 1030 g/mol. The fourth-order valence-electron chi connectivity index (χ4n) is 8.97. The van der Waals surface area contributed by atoms with Crippen LogP contribution < -0.4 is 0 Å². The number of hydrogen-bond donors (Lipinski definition) is 0. The van der Waals surface area contributed by atoms with E-state index < -0.39 is 0 Å². The van der Waals surface area contributed by atoms with Gasteiger partial charge in [-0.2, -0.15) is 5.26 Å². The Morgan fingerprint density at radius 2 is 0.758 bits per heavy atom. The predicted molar refractivity (Wildman–Crippen MR) is 267 cm³/mol. The first-order chi connectivity index (χ1) is 30.3. The van der Waals surface area contributed by atoms with E-state index in [4.69, 9.17) is 0 Å². The van der Waals surface area contributed by atoms with E-state index in [1.54, 1.807) is 24.3 Å². The van der Waals surface area contributed by atoms with E-state index in [2.05, 4.69) is 151 Å². The SMILES string of the molecule is N#Cc1cc(-n2c3ccc(-c4ccccc4I)cc3c3ccc(-c4ccccc4F)cc32)cc(-n2c3ccc(-c4ccccc4I)cc3c3ccc(-c4ccccc4F)cc32)c1. The van der Waals surface area contributed by atoms with Crippen molar-refractivity contribution >= 4 is 88.8 Å². The fourth-order valence-corrected chi connectivity index (χ4v) is 10.4. The first kappa shape index (κ1) is 38.3. The summed E-state index contributed by atoms with van der Waals surface area (Å²) in [7, 11) is 0. The van der Waals surface area contributed by atoms with Crippen LogP contribution in [0, 0.1) is 30.1 Å². The summed E-state index contributed by atoms with van der Waals surface area (Å²) in [5.74, 6) is -0.592. The average Bonchev–Trinajstić information content (AvgIpc) is 3.80. The van der Waals surface area contributed by atoms with E-state index in [1.165, 1.54) is 12.1 Å². The normalized spacial score (nSPS) is 11.5. The molecule has 11 aromatic rings. The van der Waals surface area contributed by atoms with Crippen LogP contribution in [-0.2, 0) is 0 Å². The molecule has 0 spiro atoms. The number of halogens is 4. The smallest absolute Gasteiger partial charge is 0.131 e. The molecule has 2 aromatic heterocycles. The minimum atomic E-state index is -0.296. The van der Waals surface area contributed by atoms with E-state index in [0.29, 0.717) is 16.7 Å². The third-order valence-electron chi connectivity index (χ3n) is 11.8. The van der Waals surface area contributed by atoms with Crippen molar-refractivity contribution in [1.29, 1.82) is 5.26 Å². The Morgan fingerprint density at radius 1 is 0.371 bits per heavy atom. The highest BCUT2D eigenvalue weighted by Crippen LogP contribution is 2.41. The lowest BCUT2D eigenvalue weighted by Crippen LogP contribution is -2.00. The lowest BCUT2D eigenvalue weighted by atomic mass is 10.0. The third kappa shape index (κ3) is 6.39. The molecule has 0 amide bonds. The van der Waals surface area contributed by atoms with Gasteiger partial charge in [0.15, 0.2) is 0 Å². The quantitative estimate of drug-likeness (QED) is 0.153. The van der Waals surface area contributed by atoms with Crippen molar-refractivity contribution in [2.45, 2.75) is 0 Å². The molecule has 0 fully saturated rings. The first-order valence-corrected chi connectivity index (χ1v) is 22.2. The van der Waals surface area contributed by atoms with Gasteiger partial charge in [-0.05, 0) is 157 Å². The van der Waals surface area contributed by atoms with Crippen LogP contribution in [0.2, 0.25) is 0 Å². The zero-order valence-electron chi connectivity index (χ0n) is 32.8. The van der Waals surface area contributed by atoms with Crippen LogP contribution in [0.1, 0.15) is 5.56 Å². The maximum atomic E-state index is 15.4. The minimum absolute atomic E-state index is 0.296. The second-order valence-electron chi connectivity index (χ2n) is 15.4. The number of hydrogen-bond acceptors (Lipinski definition) is 1. The second-order valence-corrected chi connectivity index (χ2v) is 17.7. The molecule has 2 heterocycles. The molecule has 0 atom stereocenters. The van der Waals surface area contributed by atoms with Gasteiger partial charge in [-0.3, -0.25) is 0 Å². The van der Waals surface area contributed by atoms with Gasteiger partial charge in [-0.25, -0.2) is 8.78 Å². The molecule has 7 heteroatoms. The lowest BCUT2D eigenvalue weighted by molar-refractivity contribution is 0.631. The van der Waals surface area contributed by atoms with Crippen molar-refractivity contribution in [2.75, 3.05) is 0 Å². The van der Waals surface area contributed by atoms with Crippen molar-refractivity contribution in [2.24, 2.45) is 0 Å². The number of fused-ring (bicyclic) bond motifs is 6. The van der Waals surface area contributed by atoms with Gasteiger partial charge in [0.1, 0.15) is 11.6 Å². The van der Waals surface area contributed by atoms with Gasteiger partial charge in [0.25, 0.3) is 0 Å². The van der Waals surface area contributed by atoms with E-state index in [0.717, 1.165) is 95.5 Å². The van der Waals surface area contributed by atoms with Gasteiger partial charge in [-0.15, -0.1) is 0 Å². The number of nitriles is 1. The standard InChI is InChI=1S/C55H31F2I2N3/c56-48-13-5-1-9-40(48)36-17-21-44-46-27-34(42-11-3-7-15-50(42)58)19-23-52(46)61(54(44)29-36)38-25-33(32-60)26-39(31-38)62-53-24-20-35(43-12-4-8-16-51(43)59)28-47(53)45-22-18-37(30-55(45)62)41-10-2-6-14-49(41)57/h1-31H. The summed E-state index contributed by atoms with van der Waals surface area (Å²) in [6, 6.07) is 64.0. The number of aromatic nitrogens is 2. The van der Waals surface area contributed by atoms with Crippen molar-refractivity contribution in [3.05, 3.63) is 212 Å². The molecule has 11 rings (SSSR count). The van der Waals surface area contributed by atoms with Crippen LogP contribution in [0.25, 0.3) is 99.5 Å². The highest BCUT2D eigenvalue weighted by molar-refractivity contribution is 14.1. The van der Waals surface area contributed by atoms with E-state index in [1.807, 2.05) is 60.7 Å². The van der Waals surface area contributed by atoms with Crippen LogP contribution >= 0.6 is 45.2 Å². The molecular weight excluding hydrogens is 994 g/mol. The van der Waals surface area contributed by atoms with Crippen molar-refractivity contribution < 1.29 is 8.78 Å². The molecule has 294 valence electrons. The Balaban J connectivity index is 1.20. The fraction of sp³-hybridized carbons (Fsp3) is 0. The average molecular weight is 1030 g/mol. The van der Waals surface area contributed by atoms with Crippen molar-refractivity contribution in [3.63, 3.8) is 0 Å². The van der Waals surface area contributed by atoms with Gasteiger partial charge in [0, 0.05) is 51.2 Å². The zero-order chi connectivity index (χ0) is 42.1. The van der Waals surface area contributed by atoms with Gasteiger partial charge < -0.3 is 9.13 Å². The van der Waals surface area contributed by atoms with Gasteiger partial charge in [-0.1, -0.05) is 109 Å². The maximum absolute atomic E-state index is 15.4. The highest BCUT2D eigenvalue weighted by Gasteiger charge is 2.21. The molecule has 0 saturated heterocycles. The van der Waals surface area contributed by atoms with Crippen LogP contribution in [0.15, 0.2) is 188 Å². The molecular formula is C55H31F2I2N3.